The van der Waals surface area contributed by atoms with Gasteiger partial charge in [0.15, 0.2) is 23.3 Å². The summed E-state index contributed by atoms with van der Waals surface area (Å²) >= 11 is 0. The number of carbonyl (C=O) groups is 8. The minimum Gasteiger partial charge on any atom is -0.479 e. The molecule has 2 aromatic carbocycles. The minimum atomic E-state index is -2.06. The maximum absolute atomic E-state index is 15.4. The Morgan fingerprint density at radius 2 is 1.70 bits per heavy atom. The molecule has 3 aliphatic heterocycles. The number of fused-ring (bicyclic) bond motifs is 5. The Balaban J connectivity index is 0.735. The molecule has 0 bridgehead atoms. The molecule has 87 heavy (non-hydrogen) atoms. The van der Waals surface area contributed by atoms with Crippen LogP contribution < -0.4 is 26.2 Å². The number of pyridine rings is 2. The van der Waals surface area contributed by atoms with E-state index < -0.39 is 127 Å². The molecule has 2 aromatic heterocycles. The molecule has 0 spiro atoms. The molecule has 1 fully saturated rings. The van der Waals surface area contributed by atoms with E-state index in [-0.39, 0.29) is 99.1 Å². The van der Waals surface area contributed by atoms with Crippen LogP contribution in [-0.4, -0.2) is 152 Å². The molecule has 9 rings (SSSR count). The molecule has 1 unspecified atom stereocenters. The Bertz CT molecular complexity index is 3520. The highest BCUT2D eigenvalue weighted by atomic mass is 19.1. The number of aromatic nitrogens is 2. The zero-order valence-electron chi connectivity index (χ0n) is 47.9. The van der Waals surface area contributed by atoms with Crippen molar-refractivity contribution >= 4 is 58.1 Å². The Labute approximate surface area is 497 Å². The van der Waals surface area contributed by atoms with Gasteiger partial charge in [0.1, 0.15) is 62.4 Å². The van der Waals surface area contributed by atoms with Crippen LogP contribution in [0.5, 0.6) is 5.75 Å². The minimum absolute atomic E-state index is 0.0453. The number of aliphatic hydroxyl groups excluding tert-OH is 3. The summed E-state index contributed by atoms with van der Waals surface area (Å²) < 4.78 is 49.6. The van der Waals surface area contributed by atoms with E-state index in [0.717, 1.165) is 31.2 Å². The van der Waals surface area contributed by atoms with Gasteiger partial charge in [-0.3, -0.25) is 33.6 Å². The van der Waals surface area contributed by atoms with Gasteiger partial charge >= 0.3 is 17.9 Å². The van der Waals surface area contributed by atoms with Crippen LogP contribution in [0.4, 0.5) is 4.39 Å². The van der Waals surface area contributed by atoms with Crippen LogP contribution in [-0.2, 0) is 89.0 Å². The second kappa shape index (κ2) is 27.8. The number of cyclic esters (lactones) is 1. The first-order valence-electron chi connectivity index (χ1n) is 28.9. The lowest BCUT2D eigenvalue weighted by molar-refractivity contribution is -0.271. The van der Waals surface area contributed by atoms with Gasteiger partial charge in [0, 0.05) is 54.8 Å². The fourth-order valence-corrected chi connectivity index (χ4v) is 11.3. The van der Waals surface area contributed by atoms with Crippen molar-refractivity contribution in [1.82, 2.24) is 25.5 Å². The van der Waals surface area contributed by atoms with Crippen molar-refractivity contribution in [3.8, 4) is 29.0 Å². The fourth-order valence-electron chi connectivity index (χ4n) is 11.3. The largest absolute Gasteiger partial charge is 0.479 e. The number of carbonyl (C=O) groups excluding carboxylic acids is 7. The molecule has 5 heterocycles. The summed E-state index contributed by atoms with van der Waals surface area (Å²) in [4.78, 5) is 121. The lowest BCUT2D eigenvalue weighted by Crippen LogP contribution is -2.61. The number of hydrogen-bond donors (Lipinski definition) is 8. The molecule has 464 valence electrons. The van der Waals surface area contributed by atoms with E-state index in [2.05, 4.69) is 27.8 Å². The standard InChI is InChI=1S/C61H68FN5O20/c1-3-61(81)39-23-43-52-37(26-67(43)57(77)38(39)28-85-60(61)80)51-41(15-14-35-31(2)40(62)24-42(66-52)50(35)51)65-48(72)29-82-21-19-33(68)25-64-46(70)17-18-49(73)84-27-32-13-16-45(86-59-55(76)53(74)54(75)56(87-59)58(78)79)36(22-32)44(69)12-9-20-63-47(71)30-83-34-10-7-5-4-6-8-11-34/h13,16,22-24,34,41,53-56,59,74-76,81H,3-7,9-10,12,14-15,17-21,25-30H2,1-2H3,(H,63,71)(H,64,70)(H,65,72)(H,78,79)/t34?,41-,53-,54-,55+,56-,59+,61-/m0/s1. The Morgan fingerprint density at radius 3 is 2.48 bits per heavy atom. The summed E-state index contributed by atoms with van der Waals surface area (Å²) in [5, 5.41) is 60.8. The van der Waals surface area contributed by atoms with Gasteiger partial charge in [0.05, 0.1) is 60.2 Å². The fraction of sp³-hybridized carbons (Fsp3) is 0.508. The third-order valence-electron chi connectivity index (χ3n) is 16.2. The summed E-state index contributed by atoms with van der Waals surface area (Å²) in [5.74, 6) is -0.552. The van der Waals surface area contributed by atoms with Crippen molar-refractivity contribution in [3.05, 3.63) is 91.0 Å². The van der Waals surface area contributed by atoms with E-state index in [0.29, 0.717) is 58.2 Å². The molecule has 4 aromatic rings. The number of hydrogen-bond acceptors (Lipinski definition) is 20. The molecule has 8 N–H and O–H groups in total. The van der Waals surface area contributed by atoms with E-state index in [9.17, 15) is 68.7 Å². The van der Waals surface area contributed by atoms with Gasteiger partial charge in [0.25, 0.3) is 5.56 Å². The molecular formula is C61H68FN5O20. The Hall–Kier alpha value is -8.03. The molecule has 5 aliphatic rings. The van der Waals surface area contributed by atoms with E-state index >= 15 is 4.39 Å². The molecule has 0 radical (unpaired) electrons. The highest BCUT2D eigenvalue weighted by Crippen LogP contribution is 2.46. The van der Waals surface area contributed by atoms with Crippen LogP contribution in [0.25, 0.3) is 22.3 Å². The van der Waals surface area contributed by atoms with Crippen molar-refractivity contribution < 1.29 is 96.7 Å². The highest BCUT2D eigenvalue weighted by Gasteiger charge is 2.49. The maximum atomic E-state index is 15.4. The zero-order chi connectivity index (χ0) is 62.3. The van der Waals surface area contributed by atoms with Crippen molar-refractivity contribution in [2.24, 2.45) is 0 Å². The molecule has 26 heteroatoms. The first-order chi connectivity index (χ1) is 41.7. The van der Waals surface area contributed by atoms with Gasteiger partial charge in [-0.2, -0.15) is 0 Å². The van der Waals surface area contributed by atoms with Gasteiger partial charge in [-0.05, 0) is 92.3 Å². The number of halogens is 1. The molecule has 0 saturated carbocycles. The number of aryl methyl sites for hydroxylation is 1. The maximum Gasteiger partial charge on any atom is 0.343 e. The summed E-state index contributed by atoms with van der Waals surface area (Å²) in [5.41, 5.74) is 1.23. The number of aliphatic carboxylic acids is 1. The number of nitrogens with one attached hydrogen (secondary N) is 3. The quantitative estimate of drug-likeness (QED) is 0.0179. The van der Waals surface area contributed by atoms with E-state index in [1.54, 1.807) is 19.9 Å². The third-order valence-corrected chi connectivity index (χ3v) is 16.2. The summed E-state index contributed by atoms with van der Waals surface area (Å²) in [6.45, 7) is 1.39. The van der Waals surface area contributed by atoms with Crippen molar-refractivity contribution in [2.45, 2.75) is 166 Å². The van der Waals surface area contributed by atoms with Crippen LogP contribution in [0.1, 0.15) is 139 Å². The number of ether oxygens (including phenoxy) is 6. The number of rotatable bonds is 25. The number of Topliss-reactive ketones (excluding diaryl/α,β-unsaturated/α-hetero) is 2. The van der Waals surface area contributed by atoms with E-state index in [1.165, 1.54) is 28.8 Å². The van der Waals surface area contributed by atoms with Crippen LogP contribution in [0, 0.1) is 24.6 Å². The van der Waals surface area contributed by atoms with Gasteiger partial charge < -0.3 is 74.5 Å². The molecule has 8 atom stereocenters. The number of aliphatic hydroxyl groups is 4. The molecular weight excluding hydrogens is 1140 g/mol. The SMILES string of the molecule is CC[C@@]1(O)C(=O)OCc2c1cc1n(c2=O)Cc2c-1nc1cc(F)c(C)c3c1c2[C@@H](NC(=O)COCCC(=O)CNC(=O)CCC(=O)OCc1ccc(O[C@@H]2O[C@H](C(=O)O)[C@@H](O)[C@H](O)[C@H]2O)c(C(=O)CCCNC(=O)COC2C#CCCCCC2)c1)CC3. The number of carboxylic acid groups (broad SMARTS) is 1. The summed E-state index contributed by atoms with van der Waals surface area (Å²) in [7, 11) is 0. The molecule has 3 amide bonds. The first kappa shape index (κ1) is 63.5. The van der Waals surface area contributed by atoms with Gasteiger partial charge in [-0.15, -0.1) is 5.92 Å². The zero-order valence-corrected chi connectivity index (χ0v) is 47.9. The first-order valence-corrected chi connectivity index (χ1v) is 28.9. The average Bonchev–Trinajstić information content (AvgIpc) is 1.79. The lowest BCUT2D eigenvalue weighted by atomic mass is 9.81. The predicted molar refractivity (Wildman–Crippen MR) is 299 cm³/mol. The second-order valence-corrected chi connectivity index (χ2v) is 22.0. The number of nitrogens with zero attached hydrogens (tertiary/aromatic N) is 2. The monoisotopic (exact) mass is 1210 g/mol. The van der Waals surface area contributed by atoms with E-state index in [1.807, 2.05) is 0 Å². The molecule has 2 aliphatic carbocycles. The van der Waals surface area contributed by atoms with Crippen molar-refractivity contribution in [2.75, 3.05) is 32.9 Å². The second-order valence-electron chi connectivity index (χ2n) is 22.0. The van der Waals surface area contributed by atoms with Crippen molar-refractivity contribution in [1.29, 1.82) is 0 Å². The van der Waals surface area contributed by atoms with Gasteiger partial charge in [-0.1, -0.05) is 25.3 Å². The van der Waals surface area contributed by atoms with Gasteiger partial charge in [0.2, 0.25) is 24.0 Å². The summed E-state index contributed by atoms with van der Waals surface area (Å²) in [6.07, 6.45) is -5.97. The van der Waals surface area contributed by atoms with Crippen LogP contribution in [0.2, 0.25) is 0 Å². The smallest absolute Gasteiger partial charge is 0.343 e. The summed E-state index contributed by atoms with van der Waals surface area (Å²) in [6, 6.07) is 6.21. The normalized spacial score (nSPS) is 22.6. The number of carboxylic acids is 1. The average molecular weight is 1210 g/mol. The number of ketones is 2. The molecule has 25 nitrogen and oxygen atoms in total. The number of amides is 3. The van der Waals surface area contributed by atoms with Crippen LogP contribution >= 0.6 is 0 Å². The highest BCUT2D eigenvalue weighted by molar-refractivity contribution is 5.99. The Morgan fingerprint density at radius 1 is 0.897 bits per heavy atom. The Kier molecular flexibility index (Phi) is 20.3. The lowest BCUT2D eigenvalue weighted by Gasteiger charge is -2.38. The number of benzene rings is 2. The van der Waals surface area contributed by atoms with Crippen LogP contribution in [0.15, 0.2) is 35.1 Å². The van der Waals surface area contributed by atoms with Crippen LogP contribution in [0.3, 0.4) is 0 Å². The number of esters is 2. The third kappa shape index (κ3) is 14.2. The van der Waals surface area contributed by atoms with Crippen molar-refractivity contribution in [3.63, 3.8) is 0 Å². The van der Waals surface area contributed by atoms with E-state index in [4.69, 9.17) is 33.4 Å². The predicted octanol–water partition coefficient (Wildman–Crippen LogP) is 1.95. The van der Waals surface area contributed by atoms with Gasteiger partial charge in [-0.25, -0.2) is 19.0 Å². The topological polar surface area (TPSA) is 364 Å². The molecule has 1 saturated heterocycles.